The predicted molar refractivity (Wildman–Crippen MR) is 488 cm³/mol. The normalized spacial score (nSPS) is 19.9. The highest BCUT2D eigenvalue weighted by Crippen LogP contribution is 2.55. The van der Waals surface area contributed by atoms with Gasteiger partial charge in [0, 0.05) is 60.9 Å². The SMILES string of the molecule is CC(C)(C)C[C@]1(c2cc(F)cc(F)c2)N=C(N)N(C(COC(=O)CC2(C)CC2)c2ccc(Cl)c(-n3cccn3)c2)C1=O.CC(C)(C)C[C@]1(c2cc(F)cc(F)c2)N=C(N)N([C@H](COC(=O)CC2(C)CC2)c2ccc(Cl)c(-n3cc(-c4ccccn4)cn3)c2)C1=O.CC1(CC(=O)OCC(c2ccc(Cl)c(-n3cccn3)c2)N2C(=O)[C@@](CC(C)(C)C(F)(F)F)(c3cc(F)cc(F)c3)N=C2N)CC1. The molecule has 3 aliphatic heterocycles. The van der Waals surface area contributed by atoms with E-state index >= 15 is 0 Å². The average molecular weight is 1930 g/mol. The number of aromatic nitrogens is 7. The lowest BCUT2D eigenvalue weighted by Crippen LogP contribution is -2.49. The van der Waals surface area contributed by atoms with Crippen molar-refractivity contribution in [3.05, 3.63) is 266 Å². The van der Waals surface area contributed by atoms with Crippen LogP contribution in [0.25, 0.3) is 28.3 Å². The summed E-state index contributed by atoms with van der Waals surface area (Å²) in [5, 5.41) is 14.0. The highest BCUT2D eigenvalue weighted by atomic mass is 35.5. The topological polar surface area (TPSA) is 321 Å². The monoisotopic (exact) mass is 1920 g/mol. The van der Waals surface area contributed by atoms with Crippen LogP contribution < -0.4 is 17.2 Å². The van der Waals surface area contributed by atoms with E-state index < -0.39 is 152 Å². The highest BCUT2D eigenvalue weighted by molar-refractivity contribution is 6.33. The smallest absolute Gasteiger partial charge is 0.394 e. The number of aliphatic imine (C=N–C) groups is 3. The summed E-state index contributed by atoms with van der Waals surface area (Å²) in [5.74, 6) is -10.0. The molecule has 10 aromatic rings. The van der Waals surface area contributed by atoms with Crippen molar-refractivity contribution in [3.8, 4) is 28.3 Å². The van der Waals surface area contributed by atoms with E-state index in [1.165, 1.54) is 32.8 Å². The number of pyridine rings is 1. The lowest BCUT2D eigenvalue weighted by atomic mass is 9.74. The second-order valence-electron chi connectivity index (χ2n) is 39.5. The van der Waals surface area contributed by atoms with Gasteiger partial charge in [0.1, 0.15) is 54.7 Å². The van der Waals surface area contributed by atoms with Crippen molar-refractivity contribution in [3.63, 3.8) is 0 Å². The Hall–Kier alpha value is -12.4. The Balaban J connectivity index is 0.000000163. The number of alkyl halides is 3. The minimum Gasteiger partial charge on any atom is -0.463 e. The molecule has 0 spiro atoms. The number of hydrogen-bond donors (Lipinski definition) is 3. The molecule has 7 heterocycles. The van der Waals surface area contributed by atoms with Crippen molar-refractivity contribution in [2.45, 2.75) is 194 Å². The van der Waals surface area contributed by atoms with Crippen LogP contribution in [-0.2, 0) is 59.6 Å². The summed E-state index contributed by atoms with van der Waals surface area (Å²) < 4.78 is 152. The minimum absolute atomic E-state index is 0.0400. The van der Waals surface area contributed by atoms with Gasteiger partial charge in [-0.25, -0.2) is 55.4 Å². The lowest BCUT2D eigenvalue weighted by Gasteiger charge is -2.37. The van der Waals surface area contributed by atoms with Crippen molar-refractivity contribution in [1.29, 1.82) is 0 Å². The molecule has 135 heavy (non-hydrogen) atoms. The van der Waals surface area contributed by atoms with Gasteiger partial charge in [-0.15, -0.1) is 0 Å². The summed E-state index contributed by atoms with van der Waals surface area (Å²) in [6.45, 7) is 18.2. The fraction of sp³-hybridized carbons (Fsp3) is 0.398. The third-order valence-corrected chi connectivity index (χ3v) is 25.9. The number of halogens is 12. The summed E-state index contributed by atoms with van der Waals surface area (Å²) in [6, 6.07) is 28.7. The summed E-state index contributed by atoms with van der Waals surface area (Å²) in [7, 11) is 0. The van der Waals surface area contributed by atoms with E-state index in [1.807, 2.05) is 80.5 Å². The van der Waals surface area contributed by atoms with Gasteiger partial charge in [-0.05, 0) is 215 Å². The van der Waals surface area contributed by atoms with Crippen LogP contribution in [0.4, 0.5) is 39.5 Å². The summed E-state index contributed by atoms with van der Waals surface area (Å²) in [4.78, 5) is 104. The maximum Gasteiger partial charge on any atom is 0.394 e. The van der Waals surface area contributed by atoms with E-state index in [9.17, 15) is 68.3 Å². The van der Waals surface area contributed by atoms with Crippen molar-refractivity contribution < 1.29 is 82.5 Å². The molecule has 6 atom stereocenters. The van der Waals surface area contributed by atoms with Crippen LogP contribution in [0.5, 0.6) is 0 Å². The lowest BCUT2D eigenvalue weighted by molar-refractivity contribution is -0.218. The molecular formula is C98H102Cl3F9N16O9. The molecule has 4 aromatic heterocycles. The van der Waals surface area contributed by atoms with Crippen LogP contribution in [0, 0.1) is 67.4 Å². The number of nitrogens with two attached hydrogens (primary N) is 3. The molecule has 2 unspecified atom stereocenters. The van der Waals surface area contributed by atoms with Gasteiger partial charge in [0.2, 0.25) is 0 Å². The largest absolute Gasteiger partial charge is 0.463 e. The van der Waals surface area contributed by atoms with E-state index in [4.69, 9.17) is 66.2 Å². The van der Waals surface area contributed by atoms with Crippen LogP contribution in [0.15, 0.2) is 198 Å². The standard InChI is InChI=1S/C36H37ClF2N6O3.C31H31ClF5N5O3.C31H34ClF2N5O3/c1-34(2,3)21-36(24-14-25(38)16-26(39)15-24)32(47)45(33(40)43-36)30(20-48-31(46)17-35(4)10-11-35)22-8-9-27(37)29(13-22)44-19-23(18-42-44)28-7-5-6-12-41-28;1-28(2,31(35,36)37)17-30(19-12-20(33)14-21(34)13-19)26(44)42(27(38)40-30)24(16-45-25(43)15-29(3)7-8-29)18-5-6-22(32)23(11-18)41-10-4-9-39-41;1-29(2,3)18-31(20-13-21(33)15-22(34)14-20)27(41)39(28(35)37-31)25(17-42-26(40)16-30(4)8-9-30)19-6-7-23(32)24(12-19)38-11-5-10-36-38/h5-9,12-16,18-19,30H,10-11,17,20-21H2,1-4H3,(H2,40,43);4-6,9-14,24H,7-8,15-17H2,1-3H3,(H2,38,40);5-7,10-15,25H,8-9,16-18H2,1-4H3,(H2,35,37)/t30-,36-;24?,30-;25?,31-/m111/s1. The molecule has 712 valence electrons. The molecule has 25 nitrogen and oxygen atoms in total. The first kappa shape index (κ1) is 98.6. The molecule has 37 heteroatoms. The Labute approximate surface area is 788 Å². The molecule has 6 N–H and O–H groups in total. The van der Waals surface area contributed by atoms with E-state index in [1.54, 1.807) is 101 Å². The third kappa shape index (κ3) is 22.1. The molecule has 3 amide bonds. The third-order valence-electron chi connectivity index (χ3n) is 25.0. The quantitative estimate of drug-likeness (QED) is 0.0223. The highest BCUT2D eigenvalue weighted by Gasteiger charge is 2.61. The number of amides is 3. The number of guanidine groups is 3. The second-order valence-corrected chi connectivity index (χ2v) is 40.7. The number of carbonyl (C=O) groups is 6. The predicted octanol–water partition coefficient (Wildman–Crippen LogP) is 19.8. The Morgan fingerprint density at radius 2 is 0.741 bits per heavy atom. The molecule has 0 bridgehead atoms. The second kappa shape index (κ2) is 37.7. The van der Waals surface area contributed by atoms with Gasteiger partial charge in [-0.1, -0.05) is 135 Å². The van der Waals surface area contributed by atoms with Crippen LogP contribution in [0.3, 0.4) is 0 Å². The Kier molecular flexibility index (Phi) is 27.5. The van der Waals surface area contributed by atoms with Gasteiger partial charge < -0.3 is 31.4 Å². The molecule has 6 aromatic carbocycles. The number of benzene rings is 6. The van der Waals surface area contributed by atoms with Crippen LogP contribution in [-0.4, -0.2) is 129 Å². The van der Waals surface area contributed by atoms with E-state index in [2.05, 4.69) is 35.3 Å². The Morgan fingerprint density at radius 1 is 0.422 bits per heavy atom. The zero-order chi connectivity index (χ0) is 97.8. The number of rotatable bonds is 29. The summed E-state index contributed by atoms with van der Waals surface area (Å²) in [6.07, 6.45) is 12.0. The molecule has 3 aliphatic carbocycles. The zero-order valence-electron chi connectivity index (χ0n) is 75.9. The Bertz CT molecular complexity index is 6230. The van der Waals surface area contributed by atoms with Crippen molar-refractivity contribution >= 4 is 88.3 Å². The van der Waals surface area contributed by atoms with Gasteiger partial charge in [0.05, 0.1) is 86.8 Å². The minimum atomic E-state index is -4.83. The first-order valence-electron chi connectivity index (χ1n) is 43.7. The molecule has 3 saturated carbocycles. The van der Waals surface area contributed by atoms with E-state index in [0.29, 0.717) is 49.9 Å². The fourth-order valence-electron chi connectivity index (χ4n) is 17.1. The maximum atomic E-state index is 14.7. The van der Waals surface area contributed by atoms with Crippen molar-refractivity contribution in [2.24, 2.45) is 64.7 Å². The molecule has 16 rings (SSSR count). The van der Waals surface area contributed by atoms with Gasteiger partial charge in [-0.2, -0.15) is 28.5 Å². The van der Waals surface area contributed by atoms with Gasteiger partial charge >= 0.3 is 24.1 Å². The van der Waals surface area contributed by atoms with Crippen molar-refractivity contribution in [2.75, 3.05) is 19.8 Å². The number of esters is 3. The summed E-state index contributed by atoms with van der Waals surface area (Å²) in [5.41, 5.74) is 13.5. The molecule has 0 saturated heterocycles. The maximum absolute atomic E-state index is 14.7. The van der Waals surface area contributed by atoms with Gasteiger partial charge in [0.15, 0.2) is 34.5 Å². The summed E-state index contributed by atoms with van der Waals surface area (Å²) >= 11 is 19.6. The first-order valence-corrected chi connectivity index (χ1v) is 44.8. The van der Waals surface area contributed by atoms with Crippen LogP contribution in [0.1, 0.15) is 205 Å². The van der Waals surface area contributed by atoms with Gasteiger partial charge in [0.25, 0.3) is 17.7 Å². The number of nitrogens with zero attached hydrogens (tertiary/aromatic N) is 13. The fourth-order valence-corrected chi connectivity index (χ4v) is 17.7. The molecular weight excluding hydrogens is 1820 g/mol. The number of hydrogen-bond acceptors (Lipinski definition) is 19. The van der Waals surface area contributed by atoms with Crippen molar-refractivity contribution in [1.82, 2.24) is 49.0 Å². The van der Waals surface area contributed by atoms with E-state index in [-0.39, 0.29) is 89.6 Å². The molecule has 3 fully saturated rings. The average Bonchev–Trinajstić information content (AvgIpc) is 1.59. The zero-order valence-corrected chi connectivity index (χ0v) is 78.2. The molecule has 0 radical (unpaired) electrons. The number of ether oxygens (including phenoxy) is 3. The van der Waals surface area contributed by atoms with Gasteiger partial charge in [-0.3, -0.25) is 48.5 Å². The first-order chi connectivity index (χ1) is 63.3. The van der Waals surface area contributed by atoms with Crippen LogP contribution >= 0.6 is 34.8 Å². The number of carbonyl (C=O) groups excluding carboxylic acids is 6. The van der Waals surface area contributed by atoms with E-state index in [0.717, 1.165) is 117 Å². The molecule has 6 aliphatic rings. The Morgan fingerprint density at radius 3 is 1.02 bits per heavy atom. The van der Waals surface area contributed by atoms with Crippen LogP contribution in [0.2, 0.25) is 15.1 Å².